The van der Waals surface area contributed by atoms with Crippen LogP contribution in [0, 0.1) is 0 Å². The van der Waals surface area contributed by atoms with E-state index in [1.54, 1.807) is 0 Å². The first kappa shape index (κ1) is 24.7. The lowest BCUT2D eigenvalue weighted by Crippen LogP contribution is -2.31. The Kier molecular flexibility index (Phi) is 9.25. The van der Waals surface area contributed by atoms with Crippen molar-refractivity contribution in [1.29, 1.82) is 0 Å². The van der Waals surface area contributed by atoms with Crippen LogP contribution in [0.25, 0.3) is 10.9 Å². The fraction of sp³-hybridized carbons (Fsp3) is 0.429. The van der Waals surface area contributed by atoms with Crippen LogP contribution in [-0.4, -0.2) is 42.0 Å². The normalized spacial score (nSPS) is 11.3. The summed E-state index contributed by atoms with van der Waals surface area (Å²) >= 11 is 0. The highest BCUT2D eigenvalue weighted by molar-refractivity contribution is 6.07. The molecule has 176 valence electrons. The number of aromatic nitrogens is 1. The molecule has 0 atom stereocenters. The Morgan fingerprint density at radius 1 is 0.970 bits per heavy atom. The van der Waals surface area contributed by atoms with Gasteiger partial charge in [0.15, 0.2) is 0 Å². The SMILES string of the molecule is CCCN(CCC)CCCNC(=O)c1cc(Nc2ccc(C(C)C)cc2)nc2ccccc12. The third-order valence-corrected chi connectivity index (χ3v) is 5.83. The van der Waals surface area contributed by atoms with Crippen LogP contribution in [0.4, 0.5) is 11.5 Å². The number of para-hydroxylation sites is 1. The Morgan fingerprint density at radius 3 is 2.33 bits per heavy atom. The lowest BCUT2D eigenvalue weighted by molar-refractivity contribution is 0.0953. The first-order chi connectivity index (χ1) is 16.0. The minimum Gasteiger partial charge on any atom is -0.352 e. The zero-order valence-corrected chi connectivity index (χ0v) is 20.5. The highest BCUT2D eigenvalue weighted by Crippen LogP contribution is 2.24. The van der Waals surface area contributed by atoms with Gasteiger partial charge in [-0.1, -0.05) is 58.0 Å². The van der Waals surface area contributed by atoms with Crippen LogP contribution in [0.1, 0.15) is 68.8 Å². The average molecular weight is 447 g/mol. The highest BCUT2D eigenvalue weighted by atomic mass is 16.1. The molecule has 0 aliphatic carbocycles. The van der Waals surface area contributed by atoms with Gasteiger partial charge in [0, 0.05) is 17.6 Å². The van der Waals surface area contributed by atoms with Gasteiger partial charge in [-0.3, -0.25) is 4.79 Å². The van der Waals surface area contributed by atoms with Gasteiger partial charge >= 0.3 is 0 Å². The number of rotatable bonds is 12. The molecule has 1 amide bonds. The van der Waals surface area contributed by atoms with Crippen molar-refractivity contribution in [2.75, 3.05) is 31.5 Å². The quantitative estimate of drug-likeness (QED) is 0.319. The largest absolute Gasteiger partial charge is 0.352 e. The molecular formula is C28H38N4O. The highest BCUT2D eigenvalue weighted by Gasteiger charge is 2.13. The van der Waals surface area contributed by atoms with E-state index in [2.05, 4.69) is 67.5 Å². The number of amides is 1. The van der Waals surface area contributed by atoms with Gasteiger partial charge in [0.05, 0.1) is 11.1 Å². The third kappa shape index (κ3) is 7.03. The van der Waals surface area contributed by atoms with Crippen LogP contribution in [0.15, 0.2) is 54.6 Å². The number of fused-ring (bicyclic) bond motifs is 1. The molecule has 0 unspecified atom stereocenters. The molecule has 0 aliphatic heterocycles. The number of pyridine rings is 1. The summed E-state index contributed by atoms with van der Waals surface area (Å²) in [6.45, 7) is 12.7. The van der Waals surface area contributed by atoms with E-state index < -0.39 is 0 Å². The van der Waals surface area contributed by atoms with E-state index in [4.69, 9.17) is 4.98 Å². The van der Waals surface area contributed by atoms with E-state index in [0.29, 0.717) is 23.8 Å². The molecule has 0 bridgehead atoms. The fourth-order valence-electron chi connectivity index (χ4n) is 4.09. The smallest absolute Gasteiger partial charge is 0.252 e. The summed E-state index contributed by atoms with van der Waals surface area (Å²) < 4.78 is 0. The van der Waals surface area contributed by atoms with Crippen molar-refractivity contribution < 1.29 is 4.79 Å². The van der Waals surface area contributed by atoms with Crippen LogP contribution in [0.3, 0.4) is 0 Å². The third-order valence-electron chi connectivity index (χ3n) is 5.83. The number of carbonyl (C=O) groups is 1. The van der Waals surface area contributed by atoms with Crippen LogP contribution < -0.4 is 10.6 Å². The Morgan fingerprint density at radius 2 is 1.67 bits per heavy atom. The summed E-state index contributed by atoms with van der Waals surface area (Å²) in [7, 11) is 0. The number of nitrogens with zero attached hydrogens (tertiary/aromatic N) is 2. The Labute approximate surface area is 198 Å². The van der Waals surface area contributed by atoms with Crippen LogP contribution in [0.5, 0.6) is 0 Å². The van der Waals surface area contributed by atoms with E-state index in [-0.39, 0.29) is 5.91 Å². The number of hydrogen-bond donors (Lipinski definition) is 2. The maximum Gasteiger partial charge on any atom is 0.252 e. The molecule has 0 aliphatic rings. The van der Waals surface area contributed by atoms with Gasteiger partial charge in [0.2, 0.25) is 0 Å². The minimum atomic E-state index is -0.0515. The van der Waals surface area contributed by atoms with Crippen molar-refractivity contribution in [2.24, 2.45) is 0 Å². The van der Waals surface area contributed by atoms with Crippen LogP contribution in [-0.2, 0) is 0 Å². The molecular weight excluding hydrogens is 408 g/mol. The van der Waals surface area contributed by atoms with Crippen molar-refractivity contribution in [2.45, 2.75) is 52.9 Å². The first-order valence-electron chi connectivity index (χ1n) is 12.3. The molecule has 0 radical (unpaired) electrons. The van der Waals surface area contributed by atoms with Crippen molar-refractivity contribution in [3.05, 3.63) is 65.7 Å². The molecule has 5 heteroatoms. The van der Waals surface area contributed by atoms with Gasteiger partial charge in [-0.15, -0.1) is 0 Å². The summed E-state index contributed by atoms with van der Waals surface area (Å²) in [4.78, 5) is 20.3. The van der Waals surface area contributed by atoms with Crippen molar-refractivity contribution in [3.8, 4) is 0 Å². The lowest BCUT2D eigenvalue weighted by Gasteiger charge is -2.20. The molecule has 0 fully saturated rings. The topological polar surface area (TPSA) is 57.3 Å². The minimum absolute atomic E-state index is 0.0515. The first-order valence-corrected chi connectivity index (χ1v) is 12.3. The molecule has 33 heavy (non-hydrogen) atoms. The monoisotopic (exact) mass is 446 g/mol. The summed E-state index contributed by atoms with van der Waals surface area (Å²) in [6, 6.07) is 18.0. The number of benzene rings is 2. The second kappa shape index (κ2) is 12.4. The molecule has 2 aromatic carbocycles. The van der Waals surface area contributed by atoms with Crippen molar-refractivity contribution in [3.63, 3.8) is 0 Å². The predicted octanol–water partition coefficient (Wildman–Crippen LogP) is 6.34. The molecule has 0 saturated carbocycles. The second-order valence-corrected chi connectivity index (χ2v) is 8.93. The van der Waals surface area contributed by atoms with Gasteiger partial charge in [0.1, 0.15) is 5.82 Å². The van der Waals surface area contributed by atoms with Crippen molar-refractivity contribution in [1.82, 2.24) is 15.2 Å². The molecule has 2 N–H and O–H groups in total. The van der Waals surface area contributed by atoms with E-state index in [1.807, 2.05) is 30.3 Å². The second-order valence-electron chi connectivity index (χ2n) is 8.93. The number of carbonyl (C=O) groups excluding carboxylic acids is 1. The molecule has 0 spiro atoms. The van der Waals surface area contributed by atoms with Crippen LogP contribution in [0.2, 0.25) is 0 Å². The fourth-order valence-corrected chi connectivity index (χ4v) is 4.09. The van der Waals surface area contributed by atoms with Gasteiger partial charge < -0.3 is 15.5 Å². The average Bonchev–Trinajstić information content (AvgIpc) is 2.81. The Hall–Kier alpha value is -2.92. The van der Waals surface area contributed by atoms with Crippen molar-refractivity contribution >= 4 is 28.3 Å². The zero-order valence-electron chi connectivity index (χ0n) is 20.5. The van der Waals surface area contributed by atoms with E-state index >= 15 is 0 Å². The molecule has 1 heterocycles. The van der Waals surface area contributed by atoms with E-state index in [0.717, 1.165) is 55.5 Å². The maximum absolute atomic E-state index is 13.1. The molecule has 5 nitrogen and oxygen atoms in total. The summed E-state index contributed by atoms with van der Waals surface area (Å²) in [5.74, 6) is 1.11. The number of nitrogens with one attached hydrogen (secondary N) is 2. The molecule has 3 rings (SSSR count). The Bertz CT molecular complexity index is 1020. The predicted molar refractivity (Wildman–Crippen MR) is 140 cm³/mol. The van der Waals surface area contributed by atoms with Crippen LogP contribution >= 0.6 is 0 Å². The summed E-state index contributed by atoms with van der Waals surface area (Å²) in [5, 5.41) is 7.36. The van der Waals surface area contributed by atoms with Gasteiger partial charge in [0.25, 0.3) is 5.91 Å². The van der Waals surface area contributed by atoms with E-state index in [1.165, 1.54) is 5.56 Å². The summed E-state index contributed by atoms with van der Waals surface area (Å²) in [5.41, 5.74) is 3.72. The number of hydrogen-bond acceptors (Lipinski definition) is 4. The zero-order chi connectivity index (χ0) is 23.6. The molecule has 0 saturated heterocycles. The molecule has 1 aromatic heterocycles. The Balaban J connectivity index is 1.71. The standard InChI is InChI=1S/C28H38N4O/c1-5-17-32(18-6-2)19-9-16-29-28(33)25-20-27(31-26-11-8-7-10-24(25)26)30-23-14-12-22(13-15-23)21(3)4/h7-8,10-15,20-21H,5-6,9,16-19H2,1-4H3,(H,29,33)(H,30,31). The number of anilines is 2. The van der Waals surface area contributed by atoms with E-state index in [9.17, 15) is 4.79 Å². The molecule has 3 aromatic rings. The maximum atomic E-state index is 13.1. The van der Waals surface area contributed by atoms with Gasteiger partial charge in [-0.05, 0) is 74.6 Å². The lowest BCUT2D eigenvalue weighted by atomic mass is 10.0. The van der Waals surface area contributed by atoms with Gasteiger partial charge in [-0.25, -0.2) is 4.98 Å². The summed E-state index contributed by atoms with van der Waals surface area (Å²) in [6.07, 6.45) is 3.26. The van der Waals surface area contributed by atoms with Gasteiger partial charge in [-0.2, -0.15) is 0 Å².